The lowest BCUT2D eigenvalue weighted by Gasteiger charge is -2.47. The molecule has 4 aliphatic carbocycles. The van der Waals surface area contributed by atoms with Crippen LogP contribution in [0.4, 0.5) is 0 Å². The molecule has 0 aromatic heterocycles. The van der Waals surface area contributed by atoms with Gasteiger partial charge >= 0.3 is 0 Å². The van der Waals surface area contributed by atoms with E-state index >= 15 is 0 Å². The summed E-state index contributed by atoms with van der Waals surface area (Å²) >= 11 is 0. The fourth-order valence-electron chi connectivity index (χ4n) is 5.93. The van der Waals surface area contributed by atoms with Gasteiger partial charge in [0.1, 0.15) is 0 Å². The van der Waals surface area contributed by atoms with Gasteiger partial charge in [-0.25, -0.2) is 0 Å². The molecule has 0 heterocycles. The van der Waals surface area contributed by atoms with Crippen LogP contribution in [0.3, 0.4) is 0 Å². The van der Waals surface area contributed by atoms with E-state index in [1.807, 2.05) is 0 Å². The Morgan fingerprint density at radius 1 is 1.00 bits per heavy atom. The zero-order valence-corrected chi connectivity index (χ0v) is 10.2. The summed E-state index contributed by atoms with van der Waals surface area (Å²) in [6.45, 7) is 4.74. The quantitative estimate of drug-likeness (QED) is 0.447. The predicted molar refractivity (Wildman–Crippen MR) is 80.8 cm³/mol. The molecule has 0 aromatic carbocycles. The normalized spacial score (nSPS) is 62.3. The molecule has 8 unspecified atom stereocenters. The van der Waals surface area contributed by atoms with Gasteiger partial charge in [0, 0.05) is 2.74 Å². The van der Waals surface area contributed by atoms with Gasteiger partial charge < -0.3 is 0 Å². The number of hydrogen-bond donors (Lipinski definition) is 0. The molecule has 98 valence electrons. The van der Waals surface area contributed by atoms with Gasteiger partial charge in [-0.3, -0.25) is 0 Å². The molecule has 0 aliphatic heterocycles. The lowest BCUT2D eigenvalue weighted by molar-refractivity contribution is 0.0661. The highest BCUT2D eigenvalue weighted by Gasteiger charge is 2.66. The first-order valence-corrected chi connectivity index (χ1v) is 6.86. The van der Waals surface area contributed by atoms with E-state index in [-0.39, 0.29) is 26.7 Å². The zero-order valence-electron chi connectivity index (χ0n) is 12.2. The maximum absolute atomic E-state index is 8.34. The van der Waals surface area contributed by atoms with Crippen LogP contribution in [0.2, 0.25) is 5.21 Å². The van der Waals surface area contributed by atoms with Gasteiger partial charge in [0.25, 0.3) is 0 Å². The van der Waals surface area contributed by atoms with Crippen LogP contribution in [-0.4, -0.2) is 15.7 Å². The highest BCUT2D eigenvalue weighted by atomic mass is 14.7. The van der Waals surface area contributed by atoms with E-state index in [1.165, 1.54) is 6.42 Å². The minimum atomic E-state index is -1.37. The minimum absolute atomic E-state index is 0. The first kappa shape index (κ1) is 11.9. The molecule has 0 amide bonds. The fraction of sp³-hybridized carbons (Fsp3) is 1.00. The van der Waals surface area contributed by atoms with Crippen LogP contribution in [0, 0.1) is 47.3 Å². The molecule has 0 nitrogen and oxygen atoms in total. The van der Waals surface area contributed by atoms with E-state index in [4.69, 9.17) is 18.4 Å². The summed E-state index contributed by atoms with van der Waals surface area (Å²) in [7, 11) is 12.4. The Kier molecular flexibility index (Phi) is 2.69. The second-order valence-electron chi connectivity index (χ2n) is 6.96. The molecule has 0 aromatic rings. The molecular weight excluding hydrogens is 214 g/mol. The van der Waals surface area contributed by atoms with Crippen LogP contribution >= 0.6 is 0 Å². The van der Waals surface area contributed by atoms with Crippen LogP contribution in [-0.2, 0) is 0 Å². The van der Waals surface area contributed by atoms with E-state index in [1.54, 1.807) is 0 Å². The molecule has 4 saturated carbocycles. The van der Waals surface area contributed by atoms with Gasteiger partial charge in [0.05, 0.1) is 15.7 Å². The summed E-state index contributed by atoms with van der Waals surface area (Å²) < 4.78 is 16.7. The maximum atomic E-state index is 8.34. The van der Waals surface area contributed by atoms with Crippen molar-refractivity contribution in [3.05, 3.63) is 0 Å². The Morgan fingerprint density at radius 2 is 1.56 bits per heavy atom. The van der Waals surface area contributed by atoms with E-state index < -0.39 is 11.6 Å². The molecule has 4 rings (SSSR count). The zero-order chi connectivity index (χ0) is 13.0. The number of rotatable bonds is 0. The van der Waals surface area contributed by atoms with Crippen molar-refractivity contribution in [3.8, 4) is 0 Å². The Morgan fingerprint density at radius 3 is 2.17 bits per heavy atom. The Balaban J connectivity index is 0.000000735. The van der Waals surface area contributed by atoms with Crippen molar-refractivity contribution in [1.82, 2.24) is 0 Å². The molecule has 4 fully saturated rings. The SMILES string of the molecule is C.C.[2H]C1([2H])C2CC(C3C4CC(C(C)C4C)C32)C1([B])[B]. The van der Waals surface area contributed by atoms with E-state index in [0.29, 0.717) is 11.8 Å². The largest absolute Gasteiger partial charge is 0.0957 e. The highest BCUT2D eigenvalue weighted by molar-refractivity contribution is 6.40. The number of fused-ring (bicyclic) bond motifs is 9. The third kappa shape index (κ3) is 1.41. The van der Waals surface area contributed by atoms with Gasteiger partial charge in [0.15, 0.2) is 0 Å². The summed E-state index contributed by atoms with van der Waals surface area (Å²) in [6, 6.07) is 0. The molecule has 8 atom stereocenters. The molecule has 4 aliphatic rings. The second-order valence-corrected chi connectivity index (χ2v) is 6.96. The van der Waals surface area contributed by atoms with Crippen molar-refractivity contribution in [2.75, 3.05) is 0 Å². The van der Waals surface area contributed by atoms with Gasteiger partial charge in [-0.1, -0.05) is 40.3 Å². The van der Waals surface area contributed by atoms with Gasteiger partial charge in [-0.2, -0.15) is 0 Å². The lowest BCUT2D eigenvalue weighted by Crippen LogP contribution is -2.41. The third-order valence-corrected chi connectivity index (χ3v) is 6.64. The summed E-state index contributed by atoms with van der Waals surface area (Å²) in [6.07, 6.45) is 0.866. The smallest absolute Gasteiger partial charge is 0.0624 e. The number of hydrogen-bond acceptors (Lipinski definition) is 0. The van der Waals surface area contributed by atoms with Crippen molar-refractivity contribution >= 4 is 15.7 Å². The third-order valence-electron chi connectivity index (χ3n) is 6.64. The molecule has 18 heavy (non-hydrogen) atoms. The molecule has 0 saturated heterocycles. The lowest BCUT2D eigenvalue weighted by atomic mass is 9.43. The van der Waals surface area contributed by atoms with Crippen LogP contribution in [0.15, 0.2) is 0 Å². The van der Waals surface area contributed by atoms with Crippen molar-refractivity contribution in [3.63, 3.8) is 0 Å². The molecule has 0 spiro atoms. The Labute approximate surface area is 119 Å². The van der Waals surface area contributed by atoms with E-state index in [2.05, 4.69) is 13.8 Å². The molecule has 4 radical (unpaired) electrons. The molecule has 2 heteroatoms. The summed E-state index contributed by atoms with van der Waals surface area (Å²) in [4.78, 5) is 0. The molecule has 0 N–H and O–H groups in total. The Hall–Kier alpha value is 0.130. The summed E-state index contributed by atoms with van der Waals surface area (Å²) in [5.41, 5.74) is 0. The van der Waals surface area contributed by atoms with Crippen LogP contribution in [0.25, 0.3) is 0 Å². The Bertz CT molecular complexity index is 373. The summed E-state index contributed by atoms with van der Waals surface area (Å²) in [5.74, 6) is 4.55. The monoisotopic (exact) mass is 244 g/mol. The van der Waals surface area contributed by atoms with Gasteiger partial charge in [-0.05, 0) is 60.2 Å². The van der Waals surface area contributed by atoms with Crippen molar-refractivity contribution in [1.29, 1.82) is 0 Å². The minimum Gasteiger partial charge on any atom is -0.0957 e. The topological polar surface area (TPSA) is 0 Å². The molecular formula is C16H28B2. The second kappa shape index (κ2) is 4.06. The average molecular weight is 244 g/mol. The van der Waals surface area contributed by atoms with E-state index in [9.17, 15) is 0 Å². The maximum Gasteiger partial charge on any atom is 0.0624 e. The first-order valence-electron chi connectivity index (χ1n) is 7.86. The van der Waals surface area contributed by atoms with Crippen LogP contribution in [0.1, 0.15) is 50.7 Å². The predicted octanol–water partition coefficient (Wildman–Crippen LogP) is 3.91. The summed E-state index contributed by atoms with van der Waals surface area (Å²) in [5, 5.41) is -1.09. The highest BCUT2D eigenvalue weighted by Crippen LogP contribution is 2.74. The van der Waals surface area contributed by atoms with Crippen LogP contribution in [0.5, 0.6) is 0 Å². The van der Waals surface area contributed by atoms with Crippen molar-refractivity contribution in [2.24, 2.45) is 47.3 Å². The standard InChI is InChI=1S/C14H20B2.2CH4/c1-6-7(2)10-4-9(6)12-8-3-11(13(10)12)14(15,16)5-8;;/h6-13H,3-5H2,1-2H3;2*1H4/i5D2;;. The fourth-order valence-corrected chi connectivity index (χ4v) is 5.93. The van der Waals surface area contributed by atoms with E-state index in [0.717, 1.165) is 30.1 Å². The van der Waals surface area contributed by atoms with Crippen molar-refractivity contribution in [2.45, 2.75) is 53.1 Å². The van der Waals surface area contributed by atoms with Gasteiger partial charge in [-0.15, -0.1) is 0 Å². The van der Waals surface area contributed by atoms with Gasteiger partial charge in [0.2, 0.25) is 0 Å². The first-order chi connectivity index (χ1) is 8.28. The van der Waals surface area contributed by atoms with Crippen LogP contribution < -0.4 is 0 Å². The molecule has 4 bridgehead atoms. The van der Waals surface area contributed by atoms with Crippen molar-refractivity contribution < 1.29 is 2.74 Å². The average Bonchev–Trinajstić information content (AvgIpc) is 2.91.